The number of hydrogen-bond donors (Lipinski definition) is 0. The third-order valence-corrected chi connectivity index (χ3v) is 21.2. The Morgan fingerprint density at radius 1 is 0.889 bits per heavy atom. The topological polar surface area (TPSA) is 18.5 Å². The molecule has 0 aliphatic carbocycles. The van der Waals surface area contributed by atoms with Crippen molar-refractivity contribution in [2.45, 2.75) is 36.0 Å². The third-order valence-electron chi connectivity index (χ3n) is 3.93. The summed E-state index contributed by atoms with van der Waals surface area (Å²) in [5.74, 6) is 0. The first-order chi connectivity index (χ1) is 12.7. The van der Waals surface area contributed by atoms with E-state index in [4.69, 9.17) is 4.49 Å². The summed E-state index contributed by atoms with van der Waals surface area (Å²) >= 11 is -6.74. The van der Waals surface area contributed by atoms with Gasteiger partial charge in [-0.15, -0.1) is 0 Å². The van der Waals surface area contributed by atoms with E-state index in [1.54, 1.807) is 61.5 Å². The molecule has 0 aliphatic rings. The number of alkyl halides is 5. The molecule has 0 amide bonds. The van der Waals surface area contributed by atoms with Gasteiger partial charge in [0, 0.05) is 0 Å². The van der Waals surface area contributed by atoms with Crippen LogP contribution in [0.1, 0.15) is 31.4 Å². The zero-order valence-electron chi connectivity index (χ0n) is 14.8. The van der Waals surface area contributed by atoms with Crippen LogP contribution in [0.4, 0.5) is 22.0 Å². The molecule has 0 saturated carbocycles. The molecular formula is C18H21F5O2Sn2. The maximum atomic E-state index is 14.6. The third kappa shape index (κ3) is 8.24. The van der Waals surface area contributed by atoms with Gasteiger partial charge in [-0.1, -0.05) is 0 Å². The zero-order valence-corrected chi connectivity index (χ0v) is 22.1. The van der Waals surface area contributed by atoms with Gasteiger partial charge < -0.3 is 0 Å². The van der Waals surface area contributed by atoms with Crippen molar-refractivity contribution < 1.29 is 26.4 Å². The van der Waals surface area contributed by atoms with Crippen LogP contribution in [0.25, 0.3) is 0 Å². The van der Waals surface area contributed by atoms with E-state index < -0.39 is 71.2 Å². The van der Waals surface area contributed by atoms with Crippen LogP contribution in [-0.4, -0.2) is 52.3 Å². The van der Waals surface area contributed by atoms with Crippen LogP contribution < -0.4 is 3.58 Å². The fourth-order valence-corrected chi connectivity index (χ4v) is 21.6. The van der Waals surface area contributed by atoms with Gasteiger partial charge in [0.25, 0.3) is 0 Å². The average molecular weight is 602 g/mol. The molecule has 148 valence electrons. The summed E-state index contributed by atoms with van der Waals surface area (Å²) in [6, 6.07) is 17.8. The summed E-state index contributed by atoms with van der Waals surface area (Å²) in [5, 5.41) is 0. The van der Waals surface area contributed by atoms with Gasteiger partial charge >= 0.3 is 174 Å². The van der Waals surface area contributed by atoms with E-state index in [1.165, 1.54) is 0 Å². The summed E-state index contributed by atoms with van der Waals surface area (Å²) in [7, 11) is 0. The standard InChI is InChI=1S/C8H9O.C6H5.C4H4F5.O.2Sn.3H/c1-7(9)8-5-3-2-4-6-8;1-2-4-6-5-3-1;5-3(6)1-2-4(7,8)9;;;;;;/h2-7H,1H3;1-5H;1-2H2;;;;;;/q-1;;;;;+1;;;. The van der Waals surface area contributed by atoms with Crippen molar-refractivity contribution in [3.63, 3.8) is 0 Å². The summed E-state index contributed by atoms with van der Waals surface area (Å²) in [5.41, 5.74) is 0.698. The van der Waals surface area contributed by atoms with Crippen molar-refractivity contribution in [2.75, 3.05) is 0 Å². The van der Waals surface area contributed by atoms with Gasteiger partial charge in [0.2, 0.25) is 0 Å². The van der Waals surface area contributed by atoms with E-state index in [9.17, 15) is 22.0 Å². The summed E-state index contributed by atoms with van der Waals surface area (Å²) in [6.07, 6.45) is -8.10. The fraction of sp³-hybridized carbons (Fsp3) is 0.333. The molecule has 0 radical (unpaired) electrons. The van der Waals surface area contributed by atoms with Gasteiger partial charge in [-0.2, -0.15) is 0 Å². The van der Waals surface area contributed by atoms with Gasteiger partial charge in [-0.3, -0.25) is 0 Å². The molecule has 2 unspecified atom stereocenters. The molecule has 2 aromatic carbocycles. The molecule has 0 bridgehead atoms. The predicted molar refractivity (Wildman–Crippen MR) is 99.0 cm³/mol. The Hall–Kier alpha value is -0.393. The summed E-state index contributed by atoms with van der Waals surface area (Å²) in [4.78, 5) is 0. The van der Waals surface area contributed by atoms with Crippen molar-refractivity contribution in [3.8, 4) is 0 Å². The van der Waals surface area contributed by atoms with Crippen LogP contribution in [0, 0.1) is 0 Å². The first-order valence-corrected chi connectivity index (χ1v) is 16.5. The minimum atomic E-state index is -4.63. The molecule has 2 aromatic rings. The Balaban J connectivity index is 2.11. The molecule has 2 atom stereocenters. The van der Waals surface area contributed by atoms with E-state index in [2.05, 4.69) is 0 Å². The van der Waals surface area contributed by atoms with Crippen molar-refractivity contribution in [3.05, 3.63) is 66.2 Å². The predicted octanol–water partition coefficient (Wildman–Crippen LogP) is 3.93. The summed E-state index contributed by atoms with van der Waals surface area (Å²) in [6.45, 7) is 1.63. The van der Waals surface area contributed by atoms with Gasteiger partial charge in [0.05, 0.1) is 0 Å². The quantitative estimate of drug-likeness (QED) is 0.321. The van der Waals surface area contributed by atoms with Gasteiger partial charge in [0.15, 0.2) is 0 Å². The Morgan fingerprint density at radius 2 is 1.44 bits per heavy atom. The van der Waals surface area contributed by atoms with Crippen LogP contribution in [-0.2, 0) is 4.49 Å². The number of hydrogen-bond acceptors (Lipinski definition) is 2. The molecule has 2 rings (SSSR count). The molecule has 0 aromatic heterocycles. The second kappa shape index (κ2) is 10.4. The van der Waals surface area contributed by atoms with Crippen LogP contribution in [0.5, 0.6) is 0 Å². The number of rotatable bonds is 9. The average Bonchev–Trinajstić information content (AvgIpc) is 2.64. The van der Waals surface area contributed by atoms with E-state index in [-0.39, 0.29) is 0 Å². The molecule has 0 N–H and O–H groups in total. The molecule has 0 saturated heterocycles. The van der Waals surface area contributed by atoms with Crippen LogP contribution in [0.3, 0.4) is 0 Å². The Kier molecular flexibility index (Phi) is 8.82. The van der Waals surface area contributed by atoms with Crippen molar-refractivity contribution >= 4 is 45.7 Å². The van der Waals surface area contributed by atoms with E-state index in [0.717, 1.165) is 3.58 Å². The molecular weight excluding hydrogens is 581 g/mol. The number of halogens is 5. The second-order valence-electron chi connectivity index (χ2n) is 6.19. The second-order valence-corrected chi connectivity index (χ2v) is 21.8. The van der Waals surface area contributed by atoms with Crippen LogP contribution >= 0.6 is 0 Å². The van der Waals surface area contributed by atoms with Crippen LogP contribution in [0.2, 0.25) is 0 Å². The van der Waals surface area contributed by atoms with Gasteiger partial charge in [0.1, 0.15) is 0 Å². The first kappa shape index (κ1) is 22.9. The Bertz CT molecular complexity index is 683. The SMILES string of the molecule is CC([O][SnH]([O][SnH2][c]1ccccc1)[C](F)(F)CCC(F)(F)F)c1ccccc1. The molecule has 0 spiro atoms. The Morgan fingerprint density at radius 3 is 2.00 bits per heavy atom. The van der Waals surface area contributed by atoms with E-state index >= 15 is 0 Å². The molecule has 2 nitrogen and oxygen atoms in total. The zero-order chi connectivity index (χ0) is 19.9. The van der Waals surface area contributed by atoms with Crippen molar-refractivity contribution in [1.29, 1.82) is 0 Å². The maximum absolute atomic E-state index is 14.6. The molecule has 0 fully saturated rings. The Labute approximate surface area is 173 Å². The normalized spacial score (nSPS) is 15.2. The molecule has 9 heteroatoms. The molecule has 0 aliphatic heterocycles. The monoisotopic (exact) mass is 604 g/mol. The van der Waals surface area contributed by atoms with E-state index in [1.807, 2.05) is 6.07 Å². The van der Waals surface area contributed by atoms with Crippen LogP contribution in [0.15, 0.2) is 60.7 Å². The first-order valence-electron chi connectivity index (χ1n) is 8.48. The van der Waals surface area contributed by atoms with Crippen molar-refractivity contribution in [2.24, 2.45) is 0 Å². The van der Waals surface area contributed by atoms with Crippen molar-refractivity contribution in [1.82, 2.24) is 0 Å². The molecule has 27 heavy (non-hydrogen) atoms. The number of benzene rings is 2. The van der Waals surface area contributed by atoms with Gasteiger partial charge in [-0.25, -0.2) is 0 Å². The van der Waals surface area contributed by atoms with Gasteiger partial charge in [-0.05, 0) is 0 Å². The molecule has 0 heterocycles. The minimum absolute atomic E-state index is 0.647. The van der Waals surface area contributed by atoms with E-state index in [0.29, 0.717) is 5.56 Å². The summed E-state index contributed by atoms with van der Waals surface area (Å²) < 4.78 is 75.1. The fourth-order valence-electron chi connectivity index (χ4n) is 2.42.